The van der Waals surface area contributed by atoms with Crippen LogP contribution in [0.1, 0.15) is 24.0 Å². The van der Waals surface area contributed by atoms with Crippen LogP contribution in [0, 0.1) is 0 Å². The van der Waals surface area contributed by atoms with Crippen molar-refractivity contribution in [3.63, 3.8) is 0 Å². The molecule has 0 saturated heterocycles. The van der Waals surface area contributed by atoms with Gasteiger partial charge in [-0.3, -0.25) is 4.99 Å². The lowest BCUT2D eigenvalue weighted by Crippen LogP contribution is -2.42. The molecule has 0 aliphatic heterocycles. The molecule has 0 bridgehead atoms. The molecule has 2 N–H and O–H groups in total. The van der Waals surface area contributed by atoms with E-state index in [0.29, 0.717) is 28.3 Å². The van der Waals surface area contributed by atoms with Gasteiger partial charge in [0.15, 0.2) is 11.7 Å². The highest BCUT2D eigenvalue weighted by molar-refractivity contribution is 14.0. The van der Waals surface area contributed by atoms with Crippen LogP contribution in [0.2, 0.25) is 5.02 Å². The average molecular weight is 549 g/mol. The van der Waals surface area contributed by atoms with E-state index in [4.69, 9.17) is 16.3 Å². The number of hydrogen-bond acceptors (Lipinski definition) is 4. The molecule has 2 aromatic rings. The number of ether oxygens (including phenoxy) is 1. The third-order valence-corrected chi connectivity index (χ3v) is 4.72. The first-order valence-electron chi connectivity index (χ1n) is 8.20. The summed E-state index contributed by atoms with van der Waals surface area (Å²) in [6.45, 7) is 2.57. The average Bonchev–Trinajstić information content (AvgIpc) is 3.11. The van der Waals surface area contributed by atoms with Gasteiger partial charge in [-0.1, -0.05) is 30.7 Å². The highest BCUT2D eigenvalue weighted by Gasteiger charge is 2.33. The topological polar surface area (TPSA) is 58.5 Å². The molecule has 0 spiro atoms. The maximum absolute atomic E-state index is 12.6. The van der Waals surface area contributed by atoms with Crippen LogP contribution >= 0.6 is 46.9 Å². The molecule has 0 saturated carbocycles. The van der Waals surface area contributed by atoms with Crippen LogP contribution in [0.5, 0.6) is 5.75 Å². The van der Waals surface area contributed by atoms with E-state index in [2.05, 4.69) is 20.6 Å². The molecule has 1 heterocycles. The minimum Gasteiger partial charge on any atom is -0.487 e. The van der Waals surface area contributed by atoms with Gasteiger partial charge in [-0.25, -0.2) is 4.98 Å². The van der Waals surface area contributed by atoms with Gasteiger partial charge in [0, 0.05) is 12.4 Å². The summed E-state index contributed by atoms with van der Waals surface area (Å²) in [7, 11) is 1.58. The van der Waals surface area contributed by atoms with Gasteiger partial charge in [-0.05, 0) is 18.6 Å². The molecular weight excluding hydrogens is 528 g/mol. The van der Waals surface area contributed by atoms with Gasteiger partial charge in [0.25, 0.3) is 0 Å². The van der Waals surface area contributed by atoms with Crippen LogP contribution in [0.25, 0.3) is 0 Å². The van der Waals surface area contributed by atoms with Crippen molar-refractivity contribution in [2.24, 2.45) is 4.99 Å². The van der Waals surface area contributed by atoms with Gasteiger partial charge in [-0.15, -0.1) is 35.3 Å². The predicted molar refractivity (Wildman–Crippen MR) is 117 cm³/mol. The highest BCUT2D eigenvalue weighted by atomic mass is 127. The first-order chi connectivity index (χ1) is 12.8. The van der Waals surface area contributed by atoms with E-state index >= 15 is 0 Å². The summed E-state index contributed by atoms with van der Waals surface area (Å²) in [5, 5.41) is 7.89. The SMILES string of the molecule is CCC(CNC(=NC)NCc1nc(C(F)(F)F)cs1)Oc1ccccc1Cl.I. The summed E-state index contributed by atoms with van der Waals surface area (Å²) in [6, 6.07) is 7.20. The van der Waals surface area contributed by atoms with Crippen molar-refractivity contribution in [2.75, 3.05) is 13.6 Å². The lowest BCUT2D eigenvalue weighted by molar-refractivity contribution is -0.140. The van der Waals surface area contributed by atoms with E-state index in [0.717, 1.165) is 23.1 Å². The van der Waals surface area contributed by atoms with Gasteiger partial charge in [0.05, 0.1) is 18.1 Å². The summed E-state index contributed by atoms with van der Waals surface area (Å²) >= 11 is 7.04. The van der Waals surface area contributed by atoms with Crippen molar-refractivity contribution in [3.05, 3.63) is 45.4 Å². The molecule has 2 rings (SSSR count). The molecule has 11 heteroatoms. The zero-order valence-corrected chi connectivity index (χ0v) is 19.1. The summed E-state index contributed by atoms with van der Waals surface area (Å²) in [6.07, 6.45) is -3.85. The fourth-order valence-corrected chi connectivity index (χ4v) is 3.02. The Morgan fingerprint density at radius 2 is 2.04 bits per heavy atom. The van der Waals surface area contributed by atoms with Crippen LogP contribution in [0.15, 0.2) is 34.6 Å². The molecule has 156 valence electrons. The second-order valence-corrected chi connectivity index (χ2v) is 6.86. The molecule has 5 nitrogen and oxygen atoms in total. The first-order valence-corrected chi connectivity index (χ1v) is 9.46. The Hall–Kier alpha value is -1.27. The zero-order chi connectivity index (χ0) is 19.9. The van der Waals surface area contributed by atoms with Crippen LogP contribution in [0.4, 0.5) is 13.2 Å². The lowest BCUT2D eigenvalue weighted by atomic mass is 10.2. The van der Waals surface area contributed by atoms with Crippen molar-refractivity contribution in [1.82, 2.24) is 15.6 Å². The molecular formula is C17H21ClF3IN4OS. The first kappa shape index (κ1) is 24.8. The molecule has 1 atom stereocenters. The monoisotopic (exact) mass is 548 g/mol. The van der Waals surface area contributed by atoms with Gasteiger partial charge in [0.1, 0.15) is 16.9 Å². The fourth-order valence-electron chi connectivity index (χ4n) is 2.10. The molecule has 0 aliphatic rings. The van der Waals surface area contributed by atoms with E-state index in [-0.39, 0.29) is 36.6 Å². The molecule has 0 aliphatic carbocycles. The number of benzene rings is 1. The van der Waals surface area contributed by atoms with Crippen molar-refractivity contribution in [1.29, 1.82) is 0 Å². The minimum atomic E-state index is -4.43. The third-order valence-electron chi connectivity index (χ3n) is 3.56. The normalized spacial score (nSPS) is 12.9. The Balaban J connectivity index is 0.00000392. The molecule has 28 heavy (non-hydrogen) atoms. The van der Waals surface area contributed by atoms with E-state index in [1.54, 1.807) is 19.2 Å². The molecule has 1 aromatic heterocycles. The largest absolute Gasteiger partial charge is 0.487 e. The zero-order valence-electron chi connectivity index (χ0n) is 15.2. The van der Waals surface area contributed by atoms with Crippen LogP contribution in [-0.2, 0) is 12.7 Å². The van der Waals surface area contributed by atoms with E-state index in [9.17, 15) is 13.2 Å². The van der Waals surface area contributed by atoms with Gasteiger partial charge in [0.2, 0.25) is 0 Å². The van der Waals surface area contributed by atoms with Crippen molar-refractivity contribution in [2.45, 2.75) is 32.2 Å². The number of rotatable bonds is 7. The summed E-state index contributed by atoms with van der Waals surface area (Å²) in [4.78, 5) is 7.63. The number of para-hydroxylation sites is 1. The molecule has 0 radical (unpaired) electrons. The van der Waals surface area contributed by atoms with E-state index in [1.807, 2.05) is 19.1 Å². The van der Waals surface area contributed by atoms with Crippen molar-refractivity contribution < 1.29 is 17.9 Å². The number of aliphatic imine (C=N–C) groups is 1. The number of nitrogens with zero attached hydrogens (tertiary/aromatic N) is 2. The summed E-state index contributed by atoms with van der Waals surface area (Å²) in [5.74, 6) is 1.04. The Labute approximate surface area is 187 Å². The molecule has 1 unspecified atom stereocenters. The van der Waals surface area contributed by atoms with E-state index in [1.165, 1.54) is 0 Å². The number of alkyl halides is 3. The Bertz CT molecular complexity index is 773. The van der Waals surface area contributed by atoms with Crippen LogP contribution in [0.3, 0.4) is 0 Å². The number of halogens is 5. The van der Waals surface area contributed by atoms with Crippen LogP contribution < -0.4 is 15.4 Å². The minimum absolute atomic E-state index is 0. The Morgan fingerprint density at radius 3 is 2.61 bits per heavy atom. The Kier molecular flexibility index (Phi) is 10.3. The molecule has 0 amide bonds. The van der Waals surface area contributed by atoms with Crippen molar-refractivity contribution in [3.8, 4) is 5.75 Å². The fraction of sp³-hybridized carbons (Fsp3) is 0.412. The second-order valence-electron chi connectivity index (χ2n) is 5.51. The second kappa shape index (κ2) is 11.7. The quantitative estimate of drug-likeness (QED) is 0.292. The van der Waals surface area contributed by atoms with Gasteiger partial charge >= 0.3 is 6.18 Å². The van der Waals surface area contributed by atoms with Gasteiger partial charge < -0.3 is 15.4 Å². The smallest absolute Gasteiger partial charge is 0.434 e. The highest BCUT2D eigenvalue weighted by Crippen LogP contribution is 2.30. The summed E-state index contributed by atoms with van der Waals surface area (Å²) in [5.41, 5.74) is -0.883. The number of thiazole rings is 1. The molecule has 1 aromatic carbocycles. The maximum atomic E-state index is 12.6. The maximum Gasteiger partial charge on any atom is 0.434 e. The lowest BCUT2D eigenvalue weighted by Gasteiger charge is -2.20. The Morgan fingerprint density at radius 1 is 1.32 bits per heavy atom. The summed E-state index contributed by atoms with van der Waals surface area (Å²) < 4.78 is 43.6. The van der Waals surface area contributed by atoms with Crippen LogP contribution in [-0.4, -0.2) is 30.6 Å². The number of aromatic nitrogens is 1. The van der Waals surface area contributed by atoms with Crippen molar-refractivity contribution >= 4 is 52.9 Å². The third kappa shape index (κ3) is 7.63. The standard InChI is InChI=1S/C17H20ClF3N4OS.HI/c1-3-11(26-13-7-5-4-6-12(13)18)8-23-16(22-2)24-9-15-25-14(10-27-15)17(19,20)21;/h4-7,10-11H,3,8-9H2,1-2H3,(H2,22,23,24);1H. The number of nitrogens with one attached hydrogen (secondary N) is 2. The van der Waals surface area contributed by atoms with Gasteiger partial charge in [-0.2, -0.15) is 13.2 Å². The molecule has 0 fully saturated rings. The van der Waals surface area contributed by atoms with E-state index < -0.39 is 11.9 Å². The number of guanidine groups is 1. The predicted octanol–water partition coefficient (Wildman–Crippen LogP) is 4.96. The number of hydrogen-bond donors (Lipinski definition) is 2.